The van der Waals surface area contributed by atoms with Gasteiger partial charge >= 0.3 is 0 Å². The number of hydrogen-bond donors (Lipinski definition) is 1. The number of furan rings is 1. The zero-order chi connectivity index (χ0) is 18.5. The van der Waals surface area contributed by atoms with Crippen molar-refractivity contribution < 1.29 is 12.8 Å². The number of aryl methyl sites for hydroxylation is 1. The molecule has 0 saturated heterocycles. The first-order valence-corrected chi connectivity index (χ1v) is 9.92. The number of fused-ring (bicyclic) bond motifs is 1. The van der Waals surface area contributed by atoms with Crippen LogP contribution in [0.4, 0.5) is 0 Å². The van der Waals surface area contributed by atoms with E-state index in [0.717, 1.165) is 21.6 Å². The van der Waals surface area contributed by atoms with Crippen molar-refractivity contribution in [3.05, 3.63) is 69.9 Å². The second-order valence-electron chi connectivity index (χ2n) is 6.42. The average Bonchev–Trinajstić information content (AvgIpc) is 3.23. The van der Waals surface area contributed by atoms with Crippen LogP contribution in [-0.4, -0.2) is 29.8 Å². The number of sulfonamides is 1. The number of nitrogens with zero attached hydrogens (tertiary/aromatic N) is 2. The molecular formula is C18H17N3O4S. The van der Waals surface area contributed by atoms with E-state index in [-0.39, 0.29) is 12.0 Å². The first-order chi connectivity index (χ1) is 12.3. The average molecular weight is 371 g/mol. The van der Waals surface area contributed by atoms with Crippen molar-refractivity contribution in [1.82, 2.24) is 9.40 Å². The lowest BCUT2D eigenvalue weighted by Gasteiger charge is -2.21. The van der Waals surface area contributed by atoms with Crippen LogP contribution in [0.3, 0.4) is 0 Å². The first-order valence-electron chi connectivity index (χ1n) is 8.07. The third-order valence-corrected chi connectivity index (χ3v) is 5.42. The van der Waals surface area contributed by atoms with E-state index in [9.17, 15) is 13.2 Å². The molecule has 0 aliphatic carbocycles. The van der Waals surface area contributed by atoms with Gasteiger partial charge in [-0.05, 0) is 42.6 Å². The highest BCUT2D eigenvalue weighted by Crippen LogP contribution is 2.34. The van der Waals surface area contributed by atoms with E-state index in [4.69, 9.17) is 4.42 Å². The molecule has 0 saturated carbocycles. The third-order valence-electron chi connectivity index (χ3n) is 4.41. The normalized spacial score (nSPS) is 17.7. The standard InChI is InChI=1S/C18H17N3O4S/c1-11-5-6-14-12(8-11)9-13(18(22)19-14)16-10-15(17-4-3-7-25-17)20-21(16)26(2,23)24/h3-9,16H,10H2,1-2H3,(H,19,22)/t16-/m0/s1. The monoisotopic (exact) mass is 371 g/mol. The Morgan fingerprint density at radius 1 is 1.27 bits per heavy atom. The lowest BCUT2D eigenvalue weighted by atomic mass is 10.0. The van der Waals surface area contributed by atoms with E-state index in [1.807, 2.05) is 25.1 Å². The molecule has 1 N–H and O–H groups in total. The highest BCUT2D eigenvalue weighted by Gasteiger charge is 2.36. The van der Waals surface area contributed by atoms with Crippen LogP contribution in [0.2, 0.25) is 0 Å². The number of benzene rings is 1. The Morgan fingerprint density at radius 3 is 2.77 bits per heavy atom. The van der Waals surface area contributed by atoms with Gasteiger partial charge in [-0.3, -0.25) is 4.79 Å². The second-order valence-corrected chi connectivity index (χ2v) is 8.26. The summed E-state index contributed by atoms with van der Waals surface area (Å²) >= 11 is 0. The number of hydrogen-bond acceptors (Lipinski definition) is 5. The maximum absolute atomic E-state index is 12.6. The summed E-state index contributed by atoms with van der Waals surface area (Å²) in [6.07, 6.45) is 2.84. The summed E-state index contributed by atoms with van der Waals surface area (Å²) in [4.78, 5) is 15.5. The van der Waals surface area contributed by atoms with Crippen molar-refractivity contribution >= 4 is 26.6 Å². The fourth-order valence-electron chi connectivity index (χ4n) is 3.21. The predicted molar refractivity (Wildman–Crippen MR) is 98.6 cm³/mol. The van der Waals surface area contributed by atoms with Gasteiger partial charge in [0.25, 0.3) is 5.56 Å². The number of pyridine rings is 1. The SMILES string of the molecule is Cc1ccc2[nH]c(=O)c([C@@H]3CC(c4ccco4)=NN3S(C)(=O)=O)cc2c1. The van der Waals surface area contributed by atoms with Gasteiger partial charge in [-0.25, -0.2) is 8.42 Å². The lowest BCUT2D eigenvalue weighted by molar-refractivity contribution is 0.373. The lowest BCUT2D eigenvalue weighted by Crippen LogP contribution is -2.30. The molecule has 1 aromatic carbocycles. The molecule has 3 heterocycles. The van der Waals surface area contributed by atoms with E-state index >= 15 is 0 Å². The summed E-state index contributed by atoms with van der Waals surface area (Å²) in [7, 11) is -3.65. The Morgan fingerprint density at radius 2 is 2.08 bits per heavy atom. The molecular weight excluding hydrogens is 354 g/mol. The zero-order valence-corrected chi connectivity index (χ0v) is 15.1. The Bertz CT molecular complexity index is 1180. The van der Waals surface area contributed by atoms with Gasteiger partial charge in [-0.2, -0.15) is 9.52 Å². The van der Waals surface area contributed by atoms with Gasteiger partial charge in [0.1, 0.15) is 11.5 Å². The molecule has 0 bridgehead atoms. The summed E-state index contributed by atoms with van der Waals surface area (Å²) in [6, 6.07) is 10.2. The molecule has 2 aromatic heterocycles. The second kappa shape index (κ2) is 5.84. The van der Waals surface area contributed by atoms with Crippen LogP contribution in [-0.2, 0) is 10.0 Å². The molecule has 0 unspecified atom stereocenters. The smallest absolute Gasteiger partial charge is 0.253 e. The Hall–Kier alpha value is -2.87. The molecule has 8 heteroatoms. The summed E-state index contributed by atoms with van der Waals surface area (Å²) in [5.41, 5.74) is 2.29. The molecule has 1 aliphatic heterocycles. The molecule has 0 spiro atoms. The summed E-state index contributed by atoms with van der Waals surface area (Å²) in [6.45, 7) is 1.96. The van der Waals surface area contributed by atoms with Gasteiger partial charge in [0.2, 0.25) is 10.0 Å². The topological polar surface area (TPSA) is 95.7 Å². The summed E-state index contributed by atoms with van der Waals surface area (Å²) in [5, 5.41) is 5.06. The minimum Gasteiger partial charge on any atom is -0.463 e. The molecule has 1 atom stereocenters. The molecule has 7 nitrogen and oxygen atoms in total. The van der Waals surface area contributed by atoms with Crippen LogP contribution in [0.25, 0.3) is 10.9 Å². The fourth-order valence-corrected chi connectivity index (χ4v) is 4.11. The molecule has 3 aromatic rings. The number of nitrogens with one attached hydrogen (secondary N) is 1. The van der Waals surface area contributed by atoms with Gasteiger partial charge in [0.05, 0.1) is 18.6 Å². The molecule has 0 radical (unpaired) electrons. The zero-order valence-electron chi connectivity index (χ0n) is 14.3. The van der Waals surface area contributed by atoms with E-state index in [1.54, 1.807) is 18.2 Å². The van der Waals surface area contributed by atoms with Gasteiger partial charge < -0.3 is 9.40 Å². The van der Waals surface area contributed by atoms with Gasteiger partial charge in [-0.15, -0.1) is 0 Å². The maximum Gasteiger partial charge on any atom is 0.253 e. The Labute approximate surface area is 150 Å². The highest BCUT2D eigenvalue weighted by molar-refractivity contribution is 7.88. The van der Waals surface area contributed by atoms with Crippen molar-refractivity contribution in [2.24, 2.45) is 5.10 Å². The van der Waals surface area contributed by atoms with Crippen molar-refractivity contribution in [2.45, 2.75) is 19.4 Å². The summed E-state index contributed by atoms with van der Waals surface area (Å²) < 4.78 is 30.8. The minimum absolute atomic E-state index is 0.265. The molecule has 4 rings (SSSR count). The molecule has 1 aliphatic rings. The molecule has 134 valence electrons. The van der Waals surface area contributed by atoms with Crippen molar-refractivity contribution in [2.75, 3.05) is 6.26 Å². The largest absolute Gasteiger partial charge is 0.463 e. The van der Waals surface area contributed by atoms with Crippen molar-refractivity contribution in [3.8, 4) is 0 Å². The Balaban J connectivity index is 1.85. The predicted octanol–water partition coefficient (Wildman–Crippen LogP) is 2.54. The highest BCUT2D eigenvalue weighted by atomic mass is 32.2. The molecule has 0 fully saturated rings. The number of H-pyrrole nitrogens is 1. The third kappa shape index (κ3) is 2.82. The Kier molecular flexibility index (Phi) is 3.73. The first kappa shape index (κ1) is 16.6. The van der Waals surface area contributed by atoms with E-state index in [1.165, 1.54) is 6.26 Å². The quantitative estimate of drug-likeness (QED) is 0.765. The van der Waals surface area contributed by atoms with Gasteiger partial charge in [0, 0.05) is 17.5 Å². The number of aromatic nitrogens is 1. The number of hydrazone groups is 1. The van der Waals surface area contributed by atoms with Crippen LogP contribution >= 0.6 is 0 Å². The van der Waals surface area contributed by atoms with Gasteiger partial charge in [-0.1, -0.05) is 11.6 Å². The number of aromatic amines is 1. The van der Waals surface area contributed by atoms with Crippen molar-refractivity contribution in [1.29, 1.82) is 0 Å². The van der Waals surface area contributed by atoms with Crippen LogP contribution in [0.5, 0.6) is 0 Å². The van der Waals surface area contributed by atoms with Crippen LogP contribution in [0.15, 0.2) is 57.0 Å². The van der Waals surface area contributed by atoms with Crippen LogP contribution in [0, 0.1) is 6.92 Å². The summed E-state index contributed by atoms with van der Waals surface area (Å²) in [5.74, 6) is 0.495. The van der Waals surface area contributed by atoms with Gasteiger partial charge in [0.15, 0.2) is 0 Å². The number of rotatable bonds is 3. The molecule has 0 amide bonds. The van der Waals surface area contributed by atoms with E-state index in [0.29, 0.717) is 22.6 Å². The molecule has 26 heavy (non-hydrogen) atoms. The van der Waals surface area contributed by atoms with E-state index < -0.39 is 16.1 Å². The maximum atomic E-state index is 12.6. The van der Waals surface area contributed by atoms with E-state index in [2.05, 4.69) is 10.1 Å². The minimum atomic E-state index is -3.65. The van der Waals surface area contributed by atoms with Crippen molar-refractivity contribution in [3.63, 3.8) is 0 Å². The fraction of sp³-hybridized carbons (Fsp3) is 0.222. The van der Waals surface area contributed by atoms with Crippen LogP contribution < -0.4 is 5.56 Å². The van der Waals surface area contributed by atoms with Crippen LogP contribution in [0.1, 0.15) is 29.3 Å².